The largest absolute Gasteiger partial charge is 0.412 e. The molecule has 0 aliphatic carbocycles. The molecule has 0 aliphatic heterocycles. The first-order chi connectivity index (χ1) is 6.70. The van der Waals surface area contributed by atoms with Gasteiger partial charge in [-0.3, -0.25) is 0 Å². The van der Waals surface area contributed by atoms with E-state index >= 15 is 0 Å². The predicted molar refractivity (Wildman–Crippen MR) is 69.9 cm³/mol. The monoisotopic (exact) mass is 241 g/mol. The lowest BCUT2D eigenvalue weighted by atomic mass is 10.0. The third-order valence-corrected chi connectivity index (χ3v) is 4.24. The van der Waals surface area contributed by atoms with Crippen molar-refractivity contribution in [2.24, 2.45) is 0 Å². The van der Waals surface area contributed by atoms with Gasteiger partial charge in [-0.1, -0.05) is 30.3 Å². The molecule has 0 aromatic heterocycles. The quantitative estimate of drug-likeness (QED) is 0.599. The van der Waals surface area contributed by atoms with Crippen LogP contribution < -0.4 is 0 Å². The maximum absolute atomic E-state index is 8.71. The molecule has 1 aromatic rings. The molecule has 0 spiro atoms. The van der Waals surface area contributed by atoms with Crippen molar-refractivity contribution in [3.05, 3.63) is 35.9 Å². The number of thioether (sulfide) groups is 1. The van der Waals surface area contributed by atoms with Gasteiger partial charge in [-0.15, -0.1) is 9.24 Å². The maximum Gasteiger partial charge on any atom is 0.133 e. The molecule has 82 valence electrons. The zero-order chi connectivity index (χ0) is 10.4. The first-order valence-corrected chi connectivity index (χ1v) is 6.14. The number of thiocyanates is 1. The second-order valence-electron chi connectivity index (χ2n) is 3.51. The lowest BCUT2D eigenvalue weighted by Crippen LogP contribution is -2.24. The molecular formula is C11H16NOPS. The standard InChI is InChI=1S/C11H14NPS.H2O/c1-11(8-13,14-9-12)7-10-5-3-2-4-6-10;/h2-6H,7-8,13H2,1H3;1H2. The summed E-state index contributed by atoms with van der Waals surface area (Å²) in [4.78, 5) is 0. The van der Waals surface area contributed by atoms with Crippen LogP contribution in [-0.4, -0.2) is 16.4 Å². The normalized spacial score (nSPS) is 13.4. The van der Waals surface area contributed by atoms with Gasteiger partial charge in [0.05, 0.1) is 0 Å². The van der Waals surface area contributed by atoms with Gasteiger partial charge in [0.2, 0.25) is 0 Å². The summed E-state index contributed by atoms with van der Waals surface area (Å²) in [6, 6.07) is 10.3. The molecular weight excluding hydrogens is 225 g/mol. The summed E-state index contributed by atoms with van der Waals surface area (Å²) < 4.78 is 0.0147. The molecule has 0 saturated heterocycles. The van der Waals surface area contributed by atoms with Gasteiger partial charge in [-0.2, -0.15) is 5.26 Å². The fraction of sp³-hybridized carbons (Fsp3) is 0.364. The minimum absolute atomic E-state index is 0. The summed E-state index contributed by atoms with van der Waals surface area (Å²) >= 11 is 1.36. The number of nitrogens with zero attached hydrogens (tertiary/aromatic N) is 1. The van der Waals surface area contributed by atoms with Crippen molar-refractivity contribution in [1.29, 1.82) is 5.26 Å². The van der Waals surface area contributed by atoms with E-state index < -0.39 is 0 Å². The molecule has 0 fully saturated rings. The van der Waals surface area contributed by atoms with Gasteiger partial charge in [0.25, 0.3) is 0 Å². The van der Waals surface area contributed by atoms with Crippen LogP contribution in [0.3, 0.4) is 0 Å². The SMILES string of the molecule is CC(CP)(Cc1ccccc1)SC#N.O. The predicted octanol–water partition coefficient (Wildman–Crippen LogP) is 2.25. The molecule has 2 nitrogen and oxygen atoms in total. The second-order valence-corrected chi connectivity index (χ2v) is 5.29. The lowest BCUT2D eigenvalue weighted by molar-refractivity contribution is 0.722. The van der Waals surface area contributed by atoms with Crippen LogP contribution in [0.5, 0.6) is 0 Å². The van der Waals surface area contributed by atoms with Crippen LogP contribution in [0.1, 0.15) is 12.5 Å². The van der Waals surface area contributed by atoms with Crippen molar-refractivity contribution in [2.45, 2.75) is 18.1 Å². The van der Waals surface area contributed by atoms with Crippen LogP contribution in [0, 0.1) is 10.7 Å². The van der Waals surface area contributed by atoms with Gasteiger partial charge in [-0.05, 0) is 36.8 Å². The molecule has 2 N–H and O–H groups in total. The zero-order valence-electron chi connectivity index (χ0n) is 8.73. The van der Waals surface area contributed by atoms with E-state index in [2.05, 4.69) is 33.7 Å². The first-order valence-electron chi connectivity index (χ1n) is 4.51. The van der Waals surface area contributed by atoms with E-state index in [0.29, 0.717) is 0 Å². The minimum atomic E-state index is 0. The van der Waals surface area contributed by atoms with Gasteiger partial charge in [0, 0.05) is 4.75 Å². The van der Waals surface area contributed by atoms with Crippen LogP contribution in [0.15, 0.2) is 30.3 Å². The van der Waals surface area contributed by atoms with E-state index in [9.17, 15) is 0 Å². The number of hydrogen-bond acceptors (Lipinski definition) is 2. The molecule has 2 atom stereocenters. The Bertz CT molecular complexity index is 325. The first kappa shape index (κ1) is 14.5. The third kappa shape index (κ3) is 4.66. The van der Waals surface area contributed by atoms with E-state index in [4.69, 9.17) is 5.26 Å². The van der Waals surface area contributed by atoms with Gasteiger partial charge in [0.1, 0.15) is 5.40 Å². The molecule has 2 unspecified atom stereocenters. The highest BCUT2D eigenvalue weighted by atomic mass is 32.2. The Morgan fingerprint density at radius 2 is 2.00 bits per heavy atom. The molecule has 4 heteroatoms. The summed E-state index contributed by atoms with van der Waals surface area (Å²) in [6.07, 6.45) is 1.87. The van der Waals surface area contributed by atoms with E-state index in [1.165, 1.54) is 17.3 Å². The molecule has 1 aromatic carbocycles. The van der Waals surface area contributed by atoms with Gasteiger partial charge in [-0.25, -0.2) is 0 Å². The van der Waals surface area contributed by atoms with Crippen LogP contribution >= 0.6 is 21.0 Å². The van der Waals surface area contributed by atoms with Gasteiger partial charge >= 0.3 is 0 Å². The topological polar surface area (TPSA) is 55.3 Å². The number of hydrogen-bond donors (Lipinski definition) is 0. The van der Waals surface area contributed by atoms with Crippen molar-refractivity contribution in [3.63, 3.8) is 0 Å². The fourth-order valence-corrected chi connectivity index (χ4v) is 2.22. The summed E-state index contributed by atoms with van der Waals surface area (Å²) in [5, 5.41) is 10.9. The summed E-state index contributed by atoms with van der Waals surface area (Å²) in [6.45, 7) is 2.13. The van der Waals surface area contributed by atoms with E-state index in [1.54, 1.807) is 0 Å². The Kier molecular flexibility index (Phi) is 6.60. The fourth-order valence-electron chi connectivity index (χ4n) is 1.29. The molecule has 0 radical (unpaired) electrons. The lowest BCUT2D eigenvalue weighted by Gasteiger charge is -2.23. The van der Waals surface area contributed by atoms with Crippen molar-refractivity contribution in [3.8, 4) is 5.40 Å². The average Bonchev–Trinajstić information content (AvgIpc) is 2.20. The van der Waals surface area contributed by atoms with Crippen LogP contribution in [0.4, 0.5) is 0 Å². The minimum Gasteiger partial charge on any atom is -0.412 e. The molecule has 0 amide bonds. The number of nitriles is 1. The Labute approximate surface area is 97.6 Å². The molecule has 0 bridgehead atoms. The number of benzene rings is 1. The smallest absolute Gasteiger partial charge is 0.133 e. The molecule has 0 aliphatic rings. The van der Waals surface area contributed by atoms with Crippen molar-refractivity contribution in [1.82, 2.24) is 0 Å². The van der Waals surface area contributed by atoms with E-state index in [1.807, 2.05) is 18.2 Å². The highest BCUT2D eigenvalue weighted by molar-refractivity contribution is 8.05. The summed E-state index contributed by atoms with van der Waals surface area (Å²) in [7, 11) is 2.72. The van der Waals surface area contributed by atoms with Crippen molar-refractivity contribution in [2.75, 3.05) is 6.16 Å². The Morgan fingerprint density at radius 3 is 2.47 bits per heavy atom. The third-order valence-electron chi connectivity index (χ3n) is 2.14. The van der Waals surface area contributed by atoms with Crippen molar-refractivity contribution >= 4 is 21.0 Å². The Morgan fingerprint density at radius 1 is 1.40 bits per heavy atom. The zero-order valence-corrected chi connectivity index (χ0v) is 10.7. The Balaban J connectivity index is 0.00000196. The van der Waals surface area contributed by atoms with Gasteiger partial charge in [0.15, 0.2) is 0 Å². The van der Waals surface area contributed by atoms with Crippen LogP contribution in [0.25, 0.3) is 0 Å². The summed E-state index contributed by atoms with van der Waals surface area (Å²) in [5.41, 5.74) is 1.29. The number of rotatable bonds is 4. The van der Waals surface area contributed by atoms with Crippen molar-refractivity contribution < 1.29 is 5.48 Å². The highest BCUT2D eigenvalue weighted by Gasteiger charge is 2.23. The van der Waals surface area contributed by atoms with E-state index in [-0.39, 0.29) is 10.2 Å². The van der Waals surface area contributed by atoms with Crippen LogP contribution in [0.2, 0.25) is 0 Å². The van der Waals surface area contributed by atoms with Gasteiger partial charge < -0.3 is 5.48 Å². The maximum atomic E-state index is 8.71. The average molecular weight is 241 g/mol. The molecule has 0 saturated carbocycles. The second kappa shape index (κ2) is 6.85. The van der Waals surface area contributed by atoms with Crippen LogP contribution in [-0.2, 0) is 6.42 Å². The van der Waals surface area contributed by atoms with E-state index in [0.717, 1.165) is 12.6 Å². The Hall–Kier alpha value is -0.550. The molecule has 0 heterocycles. The summed E-state index contributed by atoms with van der Waals surface area (Å²) in [5.74, 6) is 0. The highest BCUT2D eigenvalue weighted by Crippen LogP contribution is 2.30. The molecule has 15 heavy (non-hydrogen) atoms. The molecule has 1 rings (SSSR count).